The Kier molecular flexibility index (Phi) is 6.30. The summed E-state index contributed by atoms with van der Waals surface area (Å²) in [4.78, 5) is 12.8. The van der Waals surface area contributed by atoms with Crippen molar-refractivity contribution in [1.29, 1.82) is 5.26 Å². The Bertz CT molecular complexity index is 1040. The van der Waals surface area contributed by atoms with Crippen LogP contribution in [0.1, 0.15) is 46.8 Å². The van der Waals surface area contributed by atoms with Crippen molar-refractivity contribution in [3.05, 3.63) is 65.0 Å². The van der Waals surface area contributed by atoms with Crippen LogP contribution in [0.5, 0.6) is 0 Å². The van der Waals surface area contributed by atoms with Crippen LogP contribution in [0.4, 0.5) is 4.39 Å². The highest BCUT2D eigenvalue weighted by molar-refractivity contribution is 7.89. The van der Waals surface area contributed by atoms with E-state index < -0.39 is 27.8 Å². The topological polar surface area (TPSA) is 90.3 Å². The lowest BCUT2D eigenvalue weighted by atomic mass is 10.1. The van der Waals surface area contributed by atoms with Crippen LogP contribution < -0.4 is 5.32 Å². The largest absolute Gasteiger partial charge is 0.333 e. The maximum atomic E-state index is 13.1. The van der Waals surface area contributed by atoms with E-state index in [-0.39, 0.29) is 10.5 Å². The summed E-state index contributed by atoms with van der Waals surface area (Å²) in [7, 11) is -3.69. The lowest BCUT2D eigenvalue weighted by Crippen LogP contribution is -2.36. The minimum atomic E-state index is -3.69. The fourth-order valence-corrected chi connectivity index (χ4v) is 5.09. The summed E-state index contributed by atoms with van der Waals surface area (Å²) in [6.07, 6.45) is 2.65. The molecule has 6 nitrogen and oxygen atoms in total. The molecule has 2 aromatic carbocycles. The van der Waals surface area contributed by atoms with Crippen molar-refractivity contribution in [2.24, 2.45) is 0 Å². The van der Waals surface area contributed by atoms with E-state index in [0.717, 1.165) is 19.3 Å². The molecule has 29 heavy (non-hydrogen) atoms. The van der Waals surface area contributed by atoms with Gasteiger partial charge in [-0.3, -0.25) is 4.79 Å². The van der Waals surface area contributed by atoms with Crippen molar-refractivity contribution in [3.8, 4) is 6.07 Å². The van der Waals surface area contributed by atoms with Gasteiger partial charge in [-0.15, -0.1) is 0 Å². The minimum absolute atomic E-state index is 0.0994. The van der Waals surface area contributed by atoms with Crippen LogP contribution in [0.3, 0.4) is 0 Å². The molecule has 2 aromatic rings. The van der Waals surface area contributed by atoms with E-state index in [2.05, 4.69) is 5.32 Å². The average molecular weight is 415 g/mol. The van der Waals surface area contributed by atoms with Gasteiger partial charge < -0.3 is 5.32 Å². The van der Waals surface area contributed by atoms with Crippen molar-refractivity contribution in [2.45, 2.75) is 37.1 Å². The van der Waals surface area contributed by atoms with Gasteiger partial charge in [0.1, 0.15) is 11.9 Å². The van der Waals surface area contributed by atoms with Gasteiger partial charge in [-0.1, -0.05) is 24.6 Å². The quantitative estimate of drug-likeness (QED) is 0.811. The first kappa shape index (κ1) is 21.0. The molecule has 3 rings (SSSR count). The lowest BCUT2D eigenvalue weighted by Gasteiger charge is -2.26. The van der Waals surface area contributed by atoms with Crippen LogP contribution in [0, 0.1) is 24.1 Å². The first-order valence-corrected chi connectivity index (χ1v) is 10.8. The monoisotopic (exact) mass is 415 g/mol. The molecule has 0 bridgehead atoms. The Labute approximate surface area is 170 Å². The Hall–Kier alpha value is -2.76. The molecular weight excluding hydrogens is 393 g/mol. The second kappa shape index (κ2) is 8.72. The van der Waals surface area contributed by atoms with E-state index in [0.29, 0.717) is 24.2 Å². The normalized spacial score (nSPS) is 16.0. The van der Waals surface area contributed by atoms with Crippen LogP contribution in [0.25, 0.3) is 0 Å². The zero-order chi connectivity index (χ0) is 21.0. The number of hydrogen-bond acceptors (Lipinski definition) is 4. The number of nitrogens with zero attached hydrogens (tertiary/aromatic N) is 2. The standard InChI is InChI=1S/C21H22FN3O3S/c1-15-5-6-17(13-20(15)29(27,28)25-11-3-2-4-12-25)21(26)24-19(14-23)16-7-9-18(22)10-8-16/h5-10,13,19H,2-4,11-12H2,1H3,(H,24,26)/t19-/m0/s1. The molecule has 1 aliphatic rings. The molecule has 1 fully saturated rings. The molecule has 0 spiro atoms. The third-order valence-electron chi connectivity index (χ3n) is 4.99. The van der Waals surface area contributed by atoms with Gasteiger partial charge in [0.15, 0.2) is 0 Å². The number of benzene rings is 2. The fraction of sp³-hybridized carbons (Fsp3) is 0.333. The highest BCUT2D eigenvalue weighted by Gasteiger charge is 2.28. The Morgan fingerprint density at radius 3 is 2.41 bits per heavy atom. The Morgan fingerprint density at radius 2 is 1.79 bits per heavy atom. The minimum Gasteiger partial charge on any atom is -0.333 e. The smallest absolute Gasteiger partial charge is 0.252 e. The van der Waals surface area contributed by atoms with Gasteiger partial charge in [0.2, 0.25) is 10.0 Å². The summed E-state index contributed by atoms with van der Waals surface area (Å²) in [5.74, 6) is -1.01. The summed E-state index contributed by atoms with van der Waals surface area (Å²) in [6, 6.07) is 10.7. The second-order valence-corrected chi connectivity index (χ2v) is 8.94. The van der Waals surface area contributed by atoms with Crippen LogP contribution in [0.2, 0.25) is 0 Å². The van der Waals surface area contributed by atoms with E-state index in [9.17, 15) is 22.9 Å². The molecule has 0 saturated carbocycles. The summed E-state index contributed by atoms with van der Waals surface area (Å²) >= 11 is 0. The summed E-state index contributed by atoms with van der Waals surface area (Å²) in [5.41, 5.74) is 1.14. The average Bonchev–Trinajstić information content (AvgIpc) is 2.73. The highest BCUT2D eigenvalue weighted by atomic mass is 32.2. The third-order valence-corrected chi connectivity index (χ3v) is 7.03. The SMILES string of the molecule is Cc1ccc(C(=O)N[C@@H](C#N)c2ccc(F)cc2)cc1S(=O)(=O)N1CCCCC1. The number of amides is 1. The number of hydrogen-bond donors (Lipinski definition) is 1. The van der Waals surface area contributed by atoms with Crippen molar-refractivity contribution in [1.82, 2.24) is 9.62 Å². The number of sulfonamides is 1. The molecule has 0 unspecified atom stereocenters. The lowest BCUT2D eigenvalue weighted by molar-refractivity contribution is 0.0945. The number of nitriles is 1. The molecule has 1 aliphatic heterocycles. The van der Waals surface area contributed by atoms with Gasteiger partial charge in [0.25, 0.3) is 5.91 Å². The van der Waals surface area contributed by atoms with Crippen LogP contribution >= 0.6 is 0 Å². The van der Waals surface area contributed by atoms with E-state index in [4.69, 9.17) is 0 Å². The van der Waals surface area contributed by atoms with Crippen LogP contribution in [-0.4, -0.2) is 31.7 Å². The predicted molar refractivity (Wildman–Crippen MR) is 106 cm³/mol. The van der Waals surface area contributed by atoms with Gasteiger partial charge in [-0.05, 0) is 55.2 Å². The number of nitrogens with one attached hydrogen (secondary N) is 1. The van der Waals surface area contributed by atoms with Crippen molar-refractivity contribution < 1.29 is 17.6 Å². The molecule has 1 saturated heterocycles. The number of piperidine rings is 1. The highest BCUT2D eigenvalue weighted by Crippen LogP contribution is 2.25. The molecule has 0 aromatic heterocycles. The molecule has 1 atom stereocenters. The molecule has 1 amide bonds. The first-order valence-electron chi connectivity index (χ1n) is 9.39. The summed E-state index contributed by atoms with van der Waals surface area (Å²) < 4.78 is 40.6. The van der Waals surface area contributed by atoms with Gasteiger partial charge in [-0.2, -0.15) is 9.57 Å². The third kappa shape index (κ3) is 4.63. The molecule has 0 radical (unpaired) electrons. The van der Waals surface area contributed by atoms with E-state index >= 15 is 0 Å². The number of carbonyl (C=O) groups excluding carboxylic acids is 1. The molecule has 1 heterocycles. The predicted octanol–water partition coefficient (Wildman–Crippen LogP) is 3.30. The zero-order valence-corrected chi connectivity index (χ0v) is 16.9. The number of aryl methyl sites for hydroxylation is 1. The maximum Gasteiger partial charge on any atom is 0.252 e. The van der Waals surface area contributed by atoms with E-state index in [1.165, 1.54) is 40.7 Å². The zero-order valence-electron chi connectivity index (χ0n) is 16.1. The first-order chi connectivity index (χ1) is 13.8. The fourth-order valence-electron chi connectivity index (χ4n) is 3.32. The summed E-state index contributed by atoms with van der Waals surface area (Å²) in [5, 5.41) is 11.9. The Balaban J connectivity index is 1.85. The van der Waals surface area contributed by atoms with E-state index in [1.807, 2.05) is 6.07 Å². The van der Waals surface area contributed by atoms with Gasteiger partial charge in [0, 0.05) is 18.7 Å². The van der Waals surface area contributed by atoms with Gasteiger partial charge in [-0.25, -0.2) is 12.8 Å². The van der Waals surface area contributed by atoms with Gasteiger partial charge in [0.05, 0.1) is 11.0 Å². The molecule has 1 N–H and O–H groups in total. The molecule has 0 aliphatic carbocycles. The number of halogens is 1. The van der Waals surface area contributed by atoms with Crippen molar-refractivity contribution in [2.75, 3.05) is 13.1 Å². The van der Waals surface area contributed by atoms with Crippen molar-refractivity contribution in [3.63, 3.8) is 0 Å². The van der Waals surface area contributed by atoms with Gasteiger partial charge >= 0.3 is 0 Å². The Morgan fingerprint density at radius 1 is 1.14 bits per heavy atom. The van der Waals surface area contributed by atoms with Crippen LogP contribution in [-0.2, 0) is 10.0 Å². The van der Waals surface area contributed by atoms with Crippen molar-refractivity contribution >= 4 is 15.9 Å². The van der Waals surface area contributed by atoms with E-state index in [1.54, 1.807) is 13.0 Å². The number of rotatable bonds is 5. The summed E-state index contributed by atoms with van der Waals surface area (Å²) in [6.45, 7) is 2.63. The number of carbonyl (C=O) groups is 1. The molecular formula is C21H22FN3O3S. The second-order valence-electron chi connectivity index (χ2n) is 7.03. The van der Waals surface area contributed by atoms with Crippen LogP contribution in [0.15, 0.2) is 47.4 Å². The molecule has 152 valence electrons. The molecule has 8 heteroatoms. The maximum absolute atomic E-state index is 13.1.